The van der Waals surface area contributed by atoms with Crippen molar-refractivity contribution in [3.05, 3.63) is 0 Å². The normalized spacial score (nSPS) is 13.8. The summed E-state index contributed by atoms with van der Waals surface area (Å²) in [6.45, 7) is 6.03. The third-order valence-electron chi connectivity index (χ3n) is 2.36. The van der Waals surface area contributed by atoms with Crippen LogP contribution in [-0.4, -0.2) is 36.9 Å². The van der Waals surface area contributed by atoms with E-state index in [2.05, 4.69) is 5.32 Å². The predicted octanol–water partition coefficient (Wildman–Crippen LogP) is 0.546. The first kappa shape index (κ1) is 13.4. The minimum Gasteiger partial charge on any atom is -0.395 e. The minimum atomic E-state index is -0.467. The van der Waals surface area contributed by atoms with E-state index in [1.165, 1.54) is 0 Å². The number of hydrogen-bond acceptors (Lipinski definition) is 3. The van der Waals surface area contributed by atoms with Crippen LogP contribution in [0.15, 0.2) is 0 Å². The number of ether oxygens (including phenoxy) is 1. The first-order valence-electron chi connectivity index (χ1n) is 4.93. The van der Waals surface area contributed by atoms with Crippen molar-refractivity contribution in [2.45, 2.75) is 32.8 Å². The zero-order chi connectivity index (χ0) is 11.2. The molecule has 0 saturated carbocycles. The number of carbonyl (C=O) groups is 1. The highest BCUT2D eigenvalue weighted by molar-refractivity contribution is 5.78. The lowest BCUT2D eigenvalue weighted by Crippen LogP contribution is -2.36. The number of aliphatic hydroxyl groups excluding tert-OH is 1. The molecule has 84 valence electrons. The summed E-state index contributed by atoms with van der Waals surface area (Å²) in [5.74, 6) is -0.648. The zero-order valence-corrected chi connectivity index (χ0v) is 9.46. The number of rotatable bonds is 6. The summed E-state index contributed by atoms with van der Waals surface area (Å²) in [7, 11) is 1.55. The Kier molecular flexibility index (Phi) is 5.72. The highest BCUT2D eigenvalue weighted by Gasteiger charge is 2.21. The van der Waals surface area contributed by atoms with Crippen molar-refractivity contribution in [2.24, 2.45) is 5.92 Å². The van der Waals surface area contributed by atoms with Crippen LogP contribution in [0.5, 0.6) is 0 Å². The fraction of sp³-hybridized carbons (Fsp3) is 0.900. The van der Waals surface area contributed by atoms with Gasteiger partial charge >= 0.3 is 0 Å². The molecule has 1 amide bonds. The molecule has 0 heterocycles. The Balaban J connectivity index is 4.02. The van der Waals surface area contributed by atoms with Gasteiger partial charge in [-0.2, -0.15) is 0 Å². The summed E-state index contributed by atoms with van der Waals surface area (Å²) < 4.78 is 5.53. The van der Waals surface area contributed by atoms with Gasteiger partial charge in [0, 0.05) is 7.05 Å². The quantitative estimate of drug-likeness (QED) is 0.662. The lowest BCUT2D eigenvalue weighted by molar-refractivity contribution is -0.131. The lowest BCUT2D eigenvalue weighted by Gasteiger charge is -2.25. The van der Waals surface area contributed by atoms with Gasteiger partial charge in [-0.1, -0.05) is 6.92 Å². The van der Waals surface area contributed by atoms with Gasteiger partial charge in [0.05, 0.1) is 24.7 Å². The van der Waals surface area contributed by atoms with E-state index in [0.29, 0.717) is 0 Å². The molecule has 0 aliphatic carbocycles. The van der Waals surface area contributed by atoms with Crippen molar-refractivity contribution in [3.8, 4) is 0 Å². The Morgan fingerprint density at radius 3 is 2.50 bits per heavy atom. The van der Waals surface area contributed by atoms with Crippen molar-refractivity contribution in [1.82, 2.24) is 5.32 Å². The second-order valence-electron chi connectivity index (χ2n) is 3.92. The fourth-order valence-corrected chi connectivity index (χ4v) is 0.844. The van der Waals surface area contributed by atoms with E-state index in [-0.39, 0.29) is 24.7 Å². The molecule has 4 heteroatoms. The summed E-state index contributed by atoms with van der Waals surface area (Å²) >= 11 is 0. The zero-order valence-electron chi connectivity index (χ0n) is 9.46. The Morgan fingerprint density at radius 1 is 1.57 bits per heavy atom. The van der Waals surface area contributed by atoms with E-state index in [1.807, 2.05) is 20.8 Å². The number of amides is 1. The molecule has 0 aliphatic heterocycles. The summed E-state index contributed by atoms with van der Waals surface area (Å²) in [6, 6.07) is 0. The number of aliphatic hydroxyl groups is 1. The molecular formula is C10H21NO3. The second kappa shape index (κ2) is 5.98. The number of carbonyl (C=O) groups excluding carboxylic acids is 1. The van der Waals surface area contributed by atoms with E-state index in [0.717, 1.165) is 6.42 Å². The van der Waals surface area contributed by atoms with Crippen molar-refractivity contribution < 1.29 is 14.6 Å². The Morgan fingerprint density at radius 2 is 2.14 bits per heavy atom. The van der Waals surface area contributed by atoms with E-state index in [4.69, 9.17) is 9.84 Å². The Labute approximate surface area is 85.6 Å². The molecule has 14 heavy (non-hydrogen) atoms. The summed E-state index contributed by atoms with van der Waals surface area (Å²) in [5, 5.41) is 11.4. The van der Waals surface area contributed by atoms with E-state index < -0.39 is 5.92 Å². The van der Waals surface area contributed by atoms with E-state index in [9.17, 15) is 4.79 Å². The molecule has 0 rings (SSSR count). The average Bonchev–Trinajstić information content (AvgIpc) is 2.18. The minimum absolute atomic E-state index is 0.181. The van der Waals surface area contributed by atoms with Gasteiger partial charge in [0.2, 0.25) is 5.91 Å². The molecule has 2 N–H and O–H groups in total. The van der Waals surface area contributed by atoms with Crippen LogP contribution in [0.1, 0.15) is 27.2 Å². The Hall–Kier alpha value is -0.610. The van der Waals surface area contributed by atoms with Crippen LogP contribution in [0.25, 0.3) is 0 Å². The molecule has 0 aromatic rings. The van der Waals surface area contributed by atoms with Crippen LogP contribution < -0.4 is 5.32 Å². The molecule has 0 spiro atoms. The molecule has 1 atom stereocenters. The maximum Gasteiger partial charge on any atom is 0.227 e. The summed E-state index contributed by atoms with van der Waals surface area (Å²) in [4.78, 5) is 11.2. The van der Waals surface area contributed by atoms with Gasteiger partial charge in [0.15, 0.2) is 0 Å². The molecule has 4 nitrogen and oxygen atoms in total. The van der Waals surface area contributed by atoms with Gasteiger partial charge in [-0.05, 0) is 20.3 Å². The smallest absolute Gasteiger partial charge is 0.227 e. The van der Waals surface area contributed by atoms with Gasteiger partial charge in [-0.15, -0.1) is 0 Å². The van der Waals surface area contributed by atoms with Crippen LogP contribution in [0.3, 0.4) is 0 Å². The van der Waals surface area contributed by atoms with Crippen LogP contribution in [0.2, 0.25) is 0 Å². The molecule has 0 radical (unpaired) electrons. The van der Waals surface area contributed by atoms with E-state index in [1.54, 1.807) is 7.05 Å². The van der Waals surface area contributed by atoms with E-state index >= 15 is 0 Å². The van der Waals surface area contributed by atoms with Crippen molar-refractivity contribution >= 4 is 5.91 Å². The highest BCUT2D eigenvalue weighted by atomic mass is 16.5. The molecule has 1 unspecified atom stereocenters. The molecule has 0 saturated heterocycles. The highest BCUT2D eigenvalue weighted by Crippen LogP contribution is 2.14. The SMILES string of the molecule is CCC(C)(C)OCC(CO)C(=O)NC. The first-order valence-corrected chi connectivity index (χ1v) is 4.93. The van der Waals surface area contributed by atoms with Crippen molar-refractivity contribution in [1.29, 1.82) is 0 Å². The van der Waals surface area contributed by atoms with Crippen molar-refractivity contribution in [2.75, 3.05) is 20.3 Å². The van der Waals surface area contributed by atoms with Gasteiger partial charge in [-0.3, -0.25) is 4.79 Å². The largest absolute Gasteiger partial charge is 0.395 e. The summed E-state index contributed by atoms with van der Waals surface area (Å²) in [6.07, 6.45) is 0.874. The Bertz CT molecular complexity index is 180. The monoisotopic (exact) mass is 203 g/mol. The molecule has 0 bridgehead atoms. The topological polar surface area (TPSA) is 58.6 Å². The maximum atomic E-state index is 11.2. The molecule has 0 aromatic heterocycles. The molecule has 0 aromatic carbocycles. The average molecular weight is 203 g/mol. The van der Waals surface area contributed by atoms with Crippen LogP contribution >= 0.6 is 0 Å². The molecule has 0 aliphatic rings. The molecule has 0 fully saturated rings. The fourth-order valence-electron chi connectivity index (χ4n) is 0.844. The van der Waals surface area contributed by atoms with Gasteiger partial charge < -0.3 is 15.2 Å². The number of nitrogens with one attached hydrogen (secondary N) is 1. The predicted molar refractivity (Wildman–Crippen MR) is 55.0 cm³/mol. The van der Waals surface area contributed by atoms with Gasteiger partial charge in [-0.25, -0.2) is 0 Å². The van der Waals surface area contributed by atoms with Gasteiger partial charge in [0.1, 0.15) is 0 Å². The molecular weight excluding hydrogens is 182 g/mol. The third-order valence-corrected chi connectivity index (χ3v) is 2.36. The van der Waals surface area contributed by atoms with Crippen LogP contribution in [0.4, 0.5) is 0 Å². The lowest BCUT2D eigenvalue weighted by atomic mass is 10.1. The van der Waals surface area contributed by atoms with Crippen molar-refractivity contribution in [3.63, 3.8) is 0 Å². The van der Waals surface area contributed by atoms with Crippen LogP contribution in [-0.2, 0) is 9.53 Å². The maximum absolute atomic E-state index is 11.2. The van der Waals surface area contributed by atoms with Gasteiger partial charge in [0.25, 0.3) is 0 Å². The van der Waals surface area contributed by atoms with Crippen LogP contribution in [0, 0.1) is 5.92 Å². The standard InChI is InChI=1S/C10H21NO3/c1-5-10(2,3)14-7-8(6-12)9(13)11-4/h8,12H,5-7H2,1-4H3,(H,11,13). The second-order valence-corrected chi connectivity index (χ2v) is 3.92. The summed E-state index contributed by atoms with van der Waals surface area (Å²) in [5.41, 5.74) is -0.235. The first-order chi connectivity index (χ1) is 6.46. The number of hydrogen-bond donors (Lipinski definition) is 2. The third kappa shape index (κ3) is 4.58.